The number of rotatable bonds is 4. The number of aromatic hydroxyl groups is 1. The average molecular weight is 548 g/mol. The molecule has 206 valence electrons. The molecule has 4 amide bonds. The number of amides is 4. The molecule has 2 aliphatic carbocycles. The molecule has 8 nitrogen and oxygen atoms in total. The number of allylic oxidation sites excluding steroid dienone is 2. The predicted octanol–water partition coefficient (Wildman–Crippen LogP) is 3.97. The highest BCUT2D eigenvalue weighted by Gasteiger charge is 2.69. The topological polar surface area (TPSA) is 116 Å². The summed E-state index contributed by atoms with van der Waals surface area (Å²) in [7, 11) is 0. The lowest BCUT2D eigenvalue weighted by Gasteiger charge is -2.50. The average Bonchev–Trinajstić information content (AvgIpc) is 3.38. The van der Waals surface area contributed by atoms with Gasteiger partial charge in [0.2, 0.25) is 11.8 Å². The van der Waals surface area contributed by atoms with Gasteiger partial charge in [-0.2, -0.15) is 5.01 Å². The molecule has 1 saturated carbocycles. The van der Waals surface area contributed by atoms with Crippen LogP contribution in [0.3, 0.4) is 0 Å². The fourth-order valence-electron chi connectivity index (χ4n) is 7.74. The summed E-state index contributed by atoms with van der Waals surface area (Å²) >= 11 is 0. The summed E-state index contributed by atoms with van der Waals surface area (Å²) in [5.41, 5.74) is 5.62. The van der Waals surface area contributed by atoms with Crippen molar-refractivity contribution in [1.29, 1.82) is 0 Å². The Morgan fingerprint density at radius 2 is 1.66 bits per heavy atom. The van der Waals surface area contributed by atoms with Crippen LogP contribution in [0.15, 0.2) is 90.5 Å². The number of hydrogen-bond acceptors (Lipinski definition) is 6. The van der Waals surface area contributed by atoms with Crippen molar-refractivity contribution in [3.05, 3.63) is 107 Å². The second-order valence-electron chi connectivity index (χ2n) is 11.5. The van der Waals surface area contributed by atoms with Crippen molar-refractivity contribution in [3.63, 3.8) is 0 Å². The van der Waals surface area contributed by atoms with E-state index in [-0.39, 0.29) is 35.8 Å². The van der Waals surface area contributed by atoms with Crippen LogP contribution in [0, 0.1) is 30.6 Å². The van der Waals surface area contributed by atoms with Gasteiger partial charge in [0, 0.05) is 5.92 Å². The van der Waals surface area contributed by atoms with Crippen molar-refractivity contribution in [2.45, 2.75) is 31.1 Å². The van der Waals surface area contributed by atoms with Gasteiger partial charge < -0.3 is 5.11 Å². The maximum absolute atomic E-state index is 14.9. The van der Waals surface area contributed by atoms with Crippen LogP contribution < -0.4 is 10.7 Å². The lowest BCUT2D eigenvalue weighted by atomic mass is 9.49. The zero-order chi connectivity index (χ0) is 28.5. The Hall–Kier alpha value is -4.72. The van der Waals surface area contributed by atoms with E-state index < -0.39 is 35.0 Å². The first-order valence-corrected chi connectivity index (χ1v) is 13.9. The van der Waals surface area contributed by atoms with Gasteiger partial charge in [-0.1, -0.05) is 71.8 Å². The van der Waals surface area contributed by atoms with E-state index in [4.69, 9.17) is 0 Å². The fourth-order valence-corrected chi connectivity index (χ4v) is 7.74. The molecule has 7 rings (SSSR count). The van der Waals surface area contributed by atoms with Gasteiger partial charge in [-0.25, -0.2) is 0 Å². The molecule has 2 heterocycles. The Morgan fingerprint density at radius 3 is 2.39 bits per heavy atom. The molecule has 0 bridgehead atoms. The molecule has 6 atom stereocenters. The molecule has 8 heteroatoms. The Kier molecular flexibility index (Phi) is 5.64. The number of nitrogens with one attached hydrogen (secondary N) is 2. The molecule has 4 aliphatic rings. The highest BCUT2D eigenvalue weighted by Crippen LogP contribution is 2.63. The summed E-state index contributed by atoms with van der Waals surface area (Å²) in [6, 6.07) is 23.6. The highest BCUT2D eigenvalue weighted by atomic mass is 16.3. The van der Waals surface area contributed by atoms with Crippen molar-refractivity contribution >= 4 is 29.3 Å². The van der Waals surface area contributed by atoms with E-state index in [2.05, 4.69) is 10.7 Å². The van der Waals surface area contributed by atoms with E-state index in [0.29, 0.717) is 23.2 Å². The van der Waals surface area contributed by atoms with Crippen molar-refractivity contribution < 1.29 is 24.3 Å². The van der Waals surface area contributed by atoms with E-state index in [1.165, 1.54) is 0 Å². The third-order valence-corrected chi connectivity index (χ3v) is 9.44. The fraction of sp³-hybridized carbons (Fsp3) is 0.273. The van der Waals surface area contributed by atoms with Gasteiger partial charge in [-0.05, 0) is 61.1 Å². The summed E-state index contributed by atoms with van der Waals surface area (Å²) in [4.78, 5) is 55.0. The number of hydrogen-bond donors (Lipinski definition) is 3. The molecule has 3 aromatic carbocycles. The van der Waals surface area contributed by atoms with Crippen LogP contribution in [0.4, 0.5) is 5.69 Å². The predicted molar refractivity (Wildman–Crippen MR) is 150 cm³/mol. The van der Waals surface area contributed by atoms with Gasteiger partial charge in [0.1, 0.15) is 5.75 Å². The second kappa shape index (κ2) is 9.16. The molecule has 3 aromatic rings. The number of nitrogens with zero attached hydrogens (tertiary/aromatic N) is 1. The summed E-state index contributed by atoms with van der Waals surface area (Å²) in [6.45, 7) is 1.96. The SMILES string of the molecule is Cc1ccc(NN2C(=O)[C@@H]3C[C@@H]4C(=CC[C@@H]5C(=O)NC(=O)[C@@H]54)[C@H](c4cccc(O)c4)[C@]3(c3ccccc3)C2=O)cc1. The van der Waals surface area contributed by atoms with Crippen molar-refractivity contribution in [2.24, 2.45) is 23.7 Å². The molecule has 0 unspecified atom stereocenters. The second-order valence-corrected chi connectivity index (χ2v) is 11.5. The summed E-state index contributed by atoms with van der Waals surface area (Å²) in [5, 5.41) is 14.2. The van der Waals surface area contributed by atoms with Crippen molar-refractivity contribution in [1.82, 2.24) is 10.3 Å². The smallest absolute Gasteiger partial charge is 0.260 e. The first-order valence-electron chi connectivity index (χ1n) is 13.9. The quantitative estimate of drug-likeness (QED) is 0.336. The van der Waals surface area contributed by atoms with Crippen molar-refractivity contribution in [2.75, 3.05) is 5.43 Å². The summed E-state index contributed by atoms with van der Waals surface area (Å²) in [5.74, 6) is -4.33. The number of carbonyl (C=O) groups is 4. The van der Waals surface area contributed by atoms with Crippen LogP contribution >= 0.6 is 0 Å². The summed E-state index contributed by atoms with van der Waals surface area (Å²) in [6.07, 6.45) is 2.61. The number of phenols is 1. The largest absolute Gasteiger partial charge is 0.508 e. The van der Waals surface area contributed by atoms with E-state index in [9.17, 15) is 24.3 Å². The van der Waals surface area contributed by atoms with E-state index in [1.54, 1.807) is 18.2 Å². The van der Waals surface area contributed by atoms with Gasteiger partial charge in [0.05, 0.1) is 28.9 Å². The monoisotopic (exact) mass is 547 g/mol. The Balaban J connectivity index is 1.46. The number of imide groups is 2. The normalized spacial score (nSPS) is 30.3. The Bertz CT molecular complexity index is 1630. The first-order chi connectivity index (χ1) is 19.8. The van der Waals surface area contributed by atoms with Crippen LogP contribution in [0.25, 0.3) is 0 Å². The molecule has 3 N–H and O–H groups in total. The van der Waals surface area contributed by atoms with Crippen molar-refractivity contribution in [3.8, 4) is 5.75 Å². The van der Waals surface area contributed by atoms with Gasteiger partial charge in [0.15, 0.2) is 0 Å². The molecular weight excluding hydrogens is 518 g/mol. The van der Waals surface area contributed by atoms with Gasteiger partial charge >= 0.3 is 0 Å². The number of aryl methyl sites for hydroxylation is 1. The molecule has 0 aromatic heterocycles. The molecule has 41 heavy (non-hydrogen) atoms. The number of benzene rings is 3. The minimum absolute atomic E-state index is 0.0406. The zero-order valence-corrected chi connectivity index (χ0v) is 22.4. The Morgan fingerprint density at radius 1 is 0.902 bits per heavy atom. The van der Waals surface area contributed by atoms with E-state index in [0.717, 1.165) is 16.1 Å². The first kappa shape index (κ1) is 25.3. The zero-order valence-electron chi connectivity index (χ0n) is 22.4. The Labute approximate surface area is 237 Å². The molecule has 2 aliphatic heterocycles. The minimum atomic E-state index is -1.34. The molecule has 0 spiro atoms. The number of hydrazine groups is 1. The number of fused-ring (bicyclic) bond motifs is 4. The van der Waals surface area contributed by atoms with E-state index in [1.807, 2.05) is 73.7 Å². The molecular formula is C33H29N3O5. The van der Waals surface area contributed by atoms with Crippen LogP contribution in [0.2, 0.25) is 0 Å². The van der Waals surface area contributed by atoms with Gasteiger partial charge in [0.25, 0.3) is 11.8 Å². The van der Waals surface area contributed by atoms with Gasteiger partial charge in [-0.3, -0.25) is 29.9 Å². The lowest BCUT2D eigenvalue weighted by Crippen LogP contribution is -2.53. The third kappa shape index (κ3) is 3.59. The third-order valence-electron chi connectivity index (χ3n) is 9.44. The summed E-state index contributed by atoms with van der Waals surface area (Å²) < 4.78 is 0. The lowest BCUT2D eigenvalue weighted by molar-refractivity contribution is -0.138. The number of anilines is 1. The standard InChI is InChI=1S/C33H29N3O5/c1-18-10-12-21(13-11-18)35-36-31(40)26-17-25-23(14-15-24-27(25)30(39)34-29(24)38)28(19-6-5-9-22(37)16-19)33(26,32(36)41)20-7-3-2-4-8-20/h2-14,16,24-28,35,37H,15,17H2,1H3,(H,34,38,39)/t24-,25+,26-,27-,28-,33+/m0/s1. The maximum Gasteiger partial charge on any atom is 0.260 e. The van der Waals surface area contributed by atoms with Crippen LogP contribution in [0.5, 0.6) is 5.75 Å². The van der Waals surface area contributed by atoms with Crippen LogP contribution in [0.1, 0.15) is 35.4 Å². The number of phenolic OH excluding ortho intramolecular Hbond substituents is 1. The van der Waals surface area contributed by atoms with Crippen LogP contribution in [-0.2, 0) is 24.6 Å². The van der Waals surface area contributed by atoms with Crippen LogP contribution in [-0.4, -0.2) is 33.7 Å². The highest BCUT2D eigenvalue weighted by molar-refractivity contribution is 6.13. The number of carbonyl (C=O) groups excluding carboxylic acids is 4. The maximum atomic E-state index is 14.9. The van der Waals surface area contributed by atoms with E-state index >= 15 is 0 Å². The van der Waals surface area contributed by atoms with Gasteiger partial charge in [-0.15, -0.1) is 0 Å². The molecule has 3 fully saturated rings. The molecule has 0 radical (unpaired) electrons. The molecule has 2 saturated heterocycles. The minimum Gasteiger partial charge on any atom is -0.508 e.